The van der Waals surface area contributed by atoms with Crippen LogP contribution >= 0.6 is 0 Å². The summed E-state index contributed by atoms with van der Waals surface area (Å²) >= 11 is 0. The molecule has 0 unspecified atom stereocenters. The maximum Gasteiger partial charge on any atom is 0.238 e. The van der Waals surface area contributed by atoms with Crippen LogP contribution < -0.4 is 0 Å². The summed E-state index contributed by atoms with van der Waals surface area (Å²) in [6.45, 7) is 42.9. The Morgan fingerprint density at radius 2 is 0.780 bits per heavy atom. The van der Waals surface area contributed by atoms with Gasteiger partial charge in [-0.1, -0.05) is 113 Å². The summed E-state index contributed by atoms with van der Waals surface area (Å²) in [5.41, 5.74) is 0.969. The molecule has 0 aliphatic rings. The van der Waals surface area contributed by atoms with Crippen molar-refractivity contribution in [3.8, 4) is 0 Å². The van der Waals surface area contributed by atoms with Gasteiger partial charge in [-0.2, -0.15) is 0 Å². The molecule has 0 saturated heterocycles. The van der Waals surface area contributed by atoms with Crippen LogP contribution in [0.1, 0.15) is 88.6 Å². The fourth-order valence-electron chi connectivity index (χ4n) is 2.81. The van der Waals surface area contributed by atoms with E-state index in [0.717, 1.165) is 5.56 Å². The number of rotatable bonds is 20. The van der Waals surface area contributed by atoms with Crippen LogP contribution in [0.25, 0.3) is 0 Å². The third-order valence-corrected chi connectivity index (χ3v) is 27.5. The topological polar surface area (TPSA) is 92.3 Å². The first kappa shape index (κ1) is 47.7. The fraction of sp³-hybridized carbons (Fsp3) is 0.833. The van der Waals surface area contributed by atoms with Gasteiger partial charge in [0.2, 0.25) is 33.3 Å². The Hall–Kier alpha value is -0.312. The molecule has 1 rings (SSSR count). The smallest absolute Gasteiger partial charge is 0.238 e. The minimum absolute atomic E-state index is 0.0303. The summed E-state index contributed by atoms with van der Waals surface area (Å²) < 4.78 is 25.2. The first-order valence-electron chi connectivity index (χ1n) is 18.0. The van der Waals surface area contributed by atoms with Crippen molar-refractivity contribution in [3.63, 3.8) is 0 Å². The largest absolute Gasteiger partial charge is 0.286 e. The van der Waals surface area contributed by atoms with Gasteiger partial charge in [0.15, 0.2) is 6.10 Å². The molecule has 10 nitrogen and oxygen atoms in total. The molecule has 1 aromatic rings. The van der Waals surface area contributed by atoms with Crippen LogP contribution in [0.15, 0.2) is 30.3 Å². The molecule has 0 N–H and O–H groups in total. The predicted molar refractivity (Wildman–Crippen MR) is 211 cm³/mol. The lowest BCUT2D eigenvalue weighted by molar-refractivity contribution is -0.409. The average Bonchev–Trinajstić information content (AvgIpc) is 2.93. The fourth-order valence-corrected chi connectivity index (χ4v) is 5.25. The van der Waals surface area contributed by atoms with E-state index in [-0.39, 0.29) is 40.0 Å². The van der Waals surface area contributed by atoms with Gasteiger partial charge in [0.05, 0.1) is 0 Å². The van der Waals surface area contributed by atoms with Crippen LogP contribution in [-0.4, -0.2) is 64.8 Å². The van der Waals surface area contributed by atoms with Gasteiger partial charge in [-0.15, -0.1) is 0 Å². The molecule has 0 aliphatic carbocycles. The van der Waals surface area contributed by atoms with Crippen LogP contribution in [0.3, 0.4) is 0 Å². The first-order chi connectivity index (χ1) is 22.3. The van der Waals surface area contributed by atoms with E-state index in [1.807, 2.05) is 30.3 Å². The highest BCUT2D eigenvalue weighted by Gasteiger charge is 2.47. The maximum absolute atomic E-state index is 6.45. The summed E-state index contributed by atoms with van der Waals surface area (Å²) in [5, 5.41) is -0.469. The second kappa shape index (κ2) is 18.3. The van der Waals surface area contributed by atoms with Crippen LogP contribution in [0.2, 0.25) is 72.5 Å². The molecule has 0 aliphatic heterocycles. The Balaban J connectivity index is 3.64. The van der Waals surface area contributed by atoms with Crippen LogP contribution in [0.4, 0.5) is 0 Å². The minimum Gasteiger partial charge on any atom is -0.286 e. The second-order valence-corrected chi connectivity index (χ2v) is 38.3. The van der Waals surface area contributed by atoms with E-state index in [1.165, 1.54) is 0 Å². The second-order valence-electron chi connectivity index (χ2n) is 19.5. The van der Waals surface area contributed by atoms with Crippen molar-refractivity contribution in [3.05, 3.63) is 35.9 Å². The highest BCUT2D eigenvalue weighted by molar-refractivity contribution is 6.75. The molecule has 14 heteroatoms. The molecular weight excluding hydrogens is 705 g/mol. The monoisotopic (exact) mass is 778 g/mol. The summed E-state index contributed by atoms with van der Waals surface area (Å²) in [6.07, 6.45) is -2.69. The normalized spacial score (nSPS) is 16.4. The van der Waals surface area contributed by atoms with Gasteiger partial charge in [0.1, 0.15) is 32.0 Å². The zero-order chi connectivity index (χ0) is 39.0. The average molecular weight is 779 g/mol. The SMILES string of the molecule is CC(C)(C)[Si](C)(C)OOC[C@H](OO[Si](C)(C)C(C)(C)C)[C@@H](OO[Si](C)(C)C(C)(C)C)[C@@H](COOCc1ccccc1)OO[Si](C)(C)C(C)(C)C. The van der Waals surface area contributed by atoms with E-state index in [9.17, 15) is 0 Å². The van der Waals surface area contributed by atoms with Gasteiger partial charge in [-0.05, 0) is 78.1 Å². The van der Waals surface area contributed by atoms with Gasteiger partial charge in [-0.25, -0.2) is 29.3 Å². The van der Waals surface area contributed by atoms with E-state index in [0.29, 0.717) is 0 Å². The van der Waals surface area contributed by atoms with Crippen molar-refractivity contribution >= 4 is 33.3 Å². The summed E-state index contributed by atoms with van der Waals surface area (Å²) in [5.74, 6) is 0. The van der Waals surface area contributed by atoms with E-state index in [1.54, 1.807) is 0 Å². The van der Waals surface area contributed by atoms with Gasteiger partial charge in [-0.3, -0.25) is 18.3 Å². The molecule has 1 aromatic carbocycles. The van der Waals surface area contributed by atoms with Gasteiger partial charge in [0, 0.05) is 0 Å². The van der Waals surface area contributed by atoms with E-state index in [4.69, 9.17) is 47.6 Å². The summed E-state index contributed by atoms with van der Waals surface area (Å²) in [6, 6.07) is 9.81. The van der Waals surface area contributed by atoms with Crippen LogP contribution in [0, 0.1) is 0 Å². The lowest BCUT2D eigenvalue weighted by Crippen LogP contribution is -2.53. The third-order valence-electron chi connectivity index (χ3n) is 11.0. The van der Waals surface area contributed by atoms with Crippen LogP contribution in [-0.2, 0) is 54.2 Å². The van der Waals surface area contributed by atoms with Crippen molar-refractivity contribution in [1.29, 1.82) is 0 Å². The first-order valence-corrected chi connectivity index (χ1v) is 29.6. The van der Waals surface area contributed by atoms with Crippen molar-refractivity contribution in [2.45, 2.75) is 181 Å². The highest BCUT2D eigenvalue weighted by atomic mass is 28.4. The maximum atomic E-state index is 6.45. The lowest BCUT2D eigenvalue weighted by Gasteiger charge is -2.41. The third kappa shape index (κ3) is 14.8. The Bertz CT molecular complexity index is 1120. The predicted octanol–water partition coefficient (Wildman–Crippen LogP) is 11.1. The standard InChI is InChI=1S/C36H74O10Si4/c1-33(2,3)47(13,14)43-39-28-31(41-45-49(17,18)35(7,8)9)32(42-46-50(19,20)36(10,11)12)30(40-44-48(15,16)34(4,5)6)27-38-37-26-29-24-22-21-23-25-29/h21-25,30-32H,26-28H2,1-20H3/t30-,31+,32+/m1/s1. The Labute approximate surface area is 309 Å². The van der Waals surface area contributed by atoms with Gasteiger partial charge >= 0.3 is 0 Å². The molecular formula is C36H74O10Si4. The zero-order valence-corrected chi connectivity index (χ0v) is 39.3. The molecule has 0 fully saturated rings. The minimum atomic E-state index is -2.44. The van der Waals surface area contributed by atoms with E-state index >= 15 is 0 Å². The van der Waals surface area contributed by atoms with Gasteiger partial charge < -0.3 is 0 Å². The van der Waals surface area contributed by atoms with E-state index in [2.05, 4.69) is 135 Å². The van der Waals surface area contributed by atoms with Gasteiger partial charge in [0.25, 0.3) is 0 Å². The molecule has 0 spiro atoms. The lowest BCUT2D eigenvalue weighted by atomic mass is 10.1. The number of hydrogen-bond donors (Lipinski definition) is 0. The molecule has 0 radical (unpaired) electrons. The molecule has 0 saturated carbocycles. The van der Waals surface area contributed by atoms with E-state index < -0.39 is 51.6 Å². The van der Waals surface area contributed by atoms with Crippen molar-refractivity contribution < 1.29 is 47.6 Å². The van der Waals surface area contributed by atoms with Crippen LogP contribution in [0.5, 0.6) is 0 Å². The molecule has 0 bridgehead atoms. The Kier molecular flexibility index (Phi) is 17.5. The Morgan fingerprint density at radius 3 is 1.16 bits per heavy atom. The molecule has 0 heterocycles. The Morgan fingerprint density at radius 1 is 0.440 bits per heavy atom. The highest BCUT2D eigenvalue weighted by Crippen LogP contribution is 2.41. The molecule has 0 amide bonds. The zero-order valence-electron chi connectivity index (χ0n) is 35.3. The number of benzene rings is 1. The molecule has 0 aromatic heterocycles. The van der Waals surface area contributed by atoms with Crippen molar-refractivity contribution in [1.82, 2.24) is 0 Å². The summed E-state index contributed by atoms with van der Waals surface area (Å²) in [4.78, 5) is 36.7. The molecule has 50 heavy (non-hydrogen) atoms. The molecule has 3 atom stereocenters. The summed E-state index contributed by atoms with van der Waals surface area (Å²) in [7, 11) is -9.54. The van der Waals surface area contributed by atoms with Crippen molar-refractivity contribution in [2.75, 3.05) is 13.2 Å². The quantitative estimate of drug-likeness (QED) is 0.0551. The molecule has 294 valence electrons. The van der Waals surface area contributed by atoms with Crippen molar-refractivity contribution in [2.24, 2.45) is 0 Å². The number of hydrogen-bond acceptors (Lipinski definition) is 10.